The molecule has 1 aromatic carbocycles. The van der Waals surface area contributed by atoms with E-state index in [0.29, 0.717) is 43.3 Å². The Morgan fingerprint density at radius 3 is 2.31 bits per heavy atom. The van der Waals surface area contributed by atoms with Crippen LogP contribution >= 0.6 is 0 Å². The second-order valence-corrected chi connectivity index (χ2v) is 8.08. The van der Waals surface area contributed by atoms with Crippen molar-refractivity contribution in [1.82, 2.24) is 9.80 Å². The molecule has 0 atom stereocenters. The van der Waals surface area contributed by atoms with Gasteiger partial charge in [0.1, 0.15) is 0 Å². The van der Waals surface area contributed by atoms with Crippen molar-refractivity contribution in [1.29, 1.82) is 0 Å². The first-order chi connectivity index (χ1) is 14.1. The summed E-state index contributed by atoms with van der Waals surface area (Å²) in [6.45, 7) is 2.81. The van der Waals surface area contributed by atoms with Crippen molar-refractivity contribution in [2.75, 3.05) is 40.4 Å². The highest BCUT2D eigenvalue weighted by atomic mass is 16.5. The van der Waals surface area contributed by atoms with Crippen molar-refractivity contribution in [3.63, 3.8) is 0 Å². The predicted octanol–water partition coefficient (Wildman–Crippen LogP) is 3.28. The van der Waals surface area contributed by atoms with Crippen LogP contribution in [0.15, 0.2) is 18.2 Å². The highest BCUT2D eigenvalue weighted by Crippen LogP contribution is 2.28. The largest absolute Gasteiger partial charge is 0.493 e. The standard InChI is InChI=1S/C23H34N2O4/c1-28-20-11-9-18(17-21(20)29-2)10-12-22(26)24-13-6-14-25(16-15-24)23(27)19-7-4-3-5-8-19/h9,11,17,19H,3-8,10,12-16H2,1-2H3. The number of benzene rings is 1. The van der Waals surface area contributed by atoms with Gasteiger partial charge in [0.05, 0.1) is 14.2 Å². The van der Waals surface area contributed by atoms with Crippen molar-refractivity contribution >= 4 is 11.8 Å². The Bertz CT molecular complexity index is 700. The fourth-order valence-corrected chi connectivity index (χ4v) is 4.44. The van der Waals surface area contributed by atoms with E-state index >= 15 is 0 Å². The first-order valence-electron chi connectivity index (χ1n) is 10.9. The number of rotatable bonds is 6. The van der Waals surface area contributed by atoms with Gasteiger partial charge in [-0.25, -0.2) is 0 Å². The molecule has 0 unspecified atom stereocenters. The van der Waals surface area contributed by atoms with E-state index in [2.05, 4.69) is 0 Å². The molecule has 0 spiro atoms. The molecule has 0 radical (unpaired) electrons. The summed E-state index contributed by atoms with van der Waals surface area (Å²) in [5.41, 5.74) is 1.06. The minimum Gasteiger partial charge on any atom is -0.493 e. The number of aryl methyl sites for hydroxylation is 1. The van der Waals surface area contributed by atoms with Crippen LogP contribution in [-0.2, 0) is 16.0 Å². The topological polar surface area (TPSA) is 59.1 Å². The van der Waals surface area contributed by atoms with E-state index in [1.165, 1.54) is 19.3 Å². The molecule has 0 N–H and O–H groups in total. The molecule has 6 nitrogen and oxygen atoms in total. The molecular formula is C23H34N2O4. The van der Waals surface area contributed by atoms with Gasteiger partial charge in [-0.15, -0.1) is 0 Å². The summed E-state index contributed by atoms with van der Waals surface area (Å²) in [6, 6.07) is 5.78. The first kappa shape index (κ1) is 21.5. The van der Waals surface area contributed by atoms with Gasteiger partial charge < -0.3 is 19.3 Å². The predicted molar refractivity (Wildman–Crippen MR) is 112 cm³/mol. The monoisotopic (exact) mass is 402 g/mol. The SMILES string of the molecule is COc1ccc(CCC(=O)N2CCCN(C(=O)C3CCCCC3)CC2)cc1OC. The van der Waals surface area contributed by atoms with E-state index in [4.69, 9.17) is 9.47 Å². The maximum Gasteiger partial charge on any atom is 0.225 e. The lowest BCUT2D eigenvalue weighted by Gasteiger charge is -2.28. The number of nitrogens with zero attached hydrogens (tertiary/aromatic N) is 2. The van der Waals surface area contributed by atoms with E-state index < -0.39 is 0 Å². The van der Waals surface area contributed by atoms with Gasteiger partial charge in [-0.1, -0.05) is 25.3 Å². The summed E-state index contributed by atoms with van der Waals surface area (Å²) < 4.78 is 10.6. The number of amides is 2. The maximum atomic E-state index is 12.8. The number of hydrogen-bond acceptors (Lipinski definition) is 4. The lowest BCUT2D eigenvalue weighted by Crippen LogP contribution is -2.40. The number of methoxy groups -OCH3 is 2. The van der Waals surface area contributed by atoms with E-state index in [1.54, 1.807) is 14.2 Å². The molecule has 1 aliphatic carbocycles. The lowest BCUT2D eigenvalue weighted by molar-refractivity contribution is -0.137. The Morgan fingerprint density at radius 1 is 0.897 bits per heavy atom. The summed E-state index contributed by atoms with van der Waals surface area (Å²) in [6.07, 6.45) is 7.65. The molecule has 0 bridgehead atoms. The average Bonchev–Trinajstić information content (AvgIpc) is 3.03. The van der Waals surface area contributed by atoms with Crippen LogP contribution in [0.4, 0.5) is 0 Å². The molecule has 1 heterocycles. The van der Waals surface area contributed by atoms with E-state index in [0.717, 1.165) is 37.9 Å². The summed E-state index contributed by atoms with van der Waals surface area (Å²) in [5, 5.41) is 0. The number of ether oxygens (including phenoxy) is 2. The molecule has 2 fully saturated rings. The van der Waals surface area contributed by atoms with Gasteiger partial charge in [-0.2, -0.15) is 0 Å². The molecule has 1 aromatic rings. The fourth-order valence-electron chi connectivity index (χ4n) is 4.44. The van der Waals surface area contributed by atoms with Crippen molar-refractivity contribution in [2.45, 2.75) is 51.4 Å². The van der Waals surface area contributed by atoms with Crippen molar-refractivity contribution in [3.05, 3.63) is 23.8 Å². The molecule has 3 rings (SSSR count). The van der Waals surface area contributed by atoms with Crippen molar-refractivity contribution < 1.29 is 19.1 Å². The molecule has 29 heavy (non-hydrogen) atoms. The van der Waals surface area contributed by atoms with Crippen LogP contribution in [0.25, 0.3) is 0 Å². The molecule has 1 aliphatic heterocycles. The number of carbonyl (C=O) groups is 2. The van der Waals surface area contributed by atoms with E-state index in [1.807, 2.05) is 28.0 Å². The third-order valence-electron chi connectivity index (χ3n) is 6.19. The summed E-state index contributed by atoms with van der Waals surface area (Å²) in [7, 11) is 3.23. The summed E-state index contributed by atoms with van der Waals surface area (Å²) in [4.78, 5) is 29.5. The zero-order valence-corrected chi connectivity index (χ0v) is 17.8. The van der Waals surface area contributed by atoms with E-state index in [-0.39, 0.29) is 11.8 Å². The first-order valence-corrected chi connectivity index (χ1v) is 10.9. The number of hydrogen-bond donors (Lipinski definition) is 0. The summed E-state index contributed by atoms with van der Waals surface area (Å²) >= 11 is 0. The Balaban J connectivity index is 1.49. The molecule has 0 aromatic heterocycles. The second-order valence-electron chi connectivity index (χ2n) is 8.08. The molecular weight excluding hydrogens is 368 g/mol. The normalized spacial score (nSPS) is 18.3. The average molecular weight is 403 g/mol. The van der Waals surface area contributed by atoms with E-state index in [9.17, 15) is 9.59 Å². The molecule has 2 aliphatic rings. The maximum absolute atomic E-state index is 12.8. The van der Waals surface area contributed by atoms with Gasteiger partial charge in [-0.3, -0.25) is 9.59 Å². The van der Waals surface area contributed by atoms with Crippen LogP contribution < -0.4 is 9.47 Å². The van der Waals surface area contributed by atoms with Crippen LogP contribution in [0.3, 0.4) is 0 Å². The highest BCUT2D eigenvalue weighted by Gasteiger charge is 2.28. The van der Waals surface area contributed by atoms with Crippen LogP contribution in [0.1, 0.15) is 50.5 Å². The molecule has 2 amide bonds. The third kappa shape index (κ3) is 5.64. The van der Waals surface area contributed by atoms with Crippen molar-refractivity contribution in [2.24, 2.45) is 5.92 Å². The Labute approximate surface area is 174 Å². The van der Waals surface area contributed by atoms with Gasteiger partial charge in [0.2, 0.25) is 11.8 Å². The molecule has 160 valence electrons. The van der Waals surface area contributed by atoms with Crippen molar-refractivity contribution in [3.8, 4) is 11.5 Å². The Hall–Kier alpha value is -2.24. The third-order valence-corrected chi connectivity index (χ3v) is 6.19. The zero-order chi connectivity index (χ0) is 20.6. The number of carbonyl (C=O) groups excluding carboxylic acids is 2. The van der Waals surface area contributed by atoms with Crippen LogP contribution in [-0.4, -0.2) is 62.0 Å². The van der Waals surface area contributed by atoms with Gasteiger partial charge in [-0.05, 0) is 43.4 Å². The fraction of sp³-hybridized carbons (Fsp3) is 0.652. The van der Waals surface area contributed by atoms with Gasteiger partial charge in [0, 0.05) is 38.5 Å². The quantitative estimate of drug-likeness (QED) is 0.733. The highest BCUT2D eigenvalue weighted by molar-refractivity contribution is 5.79. The smallest absolute Gasteiger partial charge is 0.225 e. The minimum atomic E-state index is 0.159. The Morgan fingerprint density at radius 2 is 1.59 bits per heavy atom. The minimum absolute atomic E-state index is 0.159. The lowest BCUT2D eigenvalue weighted by atomic mass is 9.88. The zero-order valence-electron chi connectivity index (χ0n) is 17.8. The molecule has 1 saturated carbocycles. The molecule has 1 saturated heterocycles. The second kappa shape index (κ2) is 10.5. The Kier molecular flexibility index (Phi) is 7.78. The van der Waals surface area contributed by atoms with Crippen LogP contribution in [0.5, 0.6) is 11.5 Å². The van der Waals surface area contributed by atoms with Gasteiger partial charge in [0.25, 0.3) is 0 Å². The van der Waals surface area contributed by atoms with Gasteiger partial charge in [0.15, 0.2) is 11.5 Å². The summed E-state index contributed by atoms with van der Waals surface area (Å²) in [5.74, 6) is 2.05. The van der Waals surface area contributed by atoms with Gasteiger partial charge >= 0.3 is 0 Å². The van der Waals surface area contributed by atoms with Crippen LogP contribution in [0, 0.1) is 5.92 Å². The molecule has 6 heteroatoms. The van der Waals surface area contributed by atoms with Crippen LogP contribution in [0.2, 0.25) is 0 Å².